The Hall–Kier alpha value is -4.52. The molecule has 3 aromatic carbocycles. The van der Waals surface area contributed by atoms with Crippen LogP contribution in [0.1, 0.15) is 5.69 Å². The molecule has 33 heavy (non-hydrogen) atoms. The average molecular weight is 437 g/mol. The van der Waals surface area contributed by atoms with E-state index in [1.807, 2.05) is 61.6 Å². The number of nitrogens with zero attached hydrogens (tertiary/aromatic N) is 3. The van der Waals surface area contributed by atoms with Gasteiger partial charge in [-0.15, -0.1) is 0 Å². The van der Waals surface area contributed by atoms with Crippen LogP contribution in [0.4, 0.5) is 23.1 Å². The minimum atomic E-state index is 0.531. The van der Waals surface area contributed by atoms with E-state index in [9.17, 15) is 0 Å². The van der Waals surface area contributed by atoms with Crippen LogP contribution in [0.3, 0.4) is 0 Å². The highest BCUT2D eigenvalue weighted by molar-refractivity contribution is 5.87. The summed E-state index contributed by atoms with van der Waals surface area (Å²) in [5, 5.41) is 7.46. The number of aryl methyl sites for hydroxylation is 1. The largest absolute Gasteiger partial charge is 0.455 e. The van der Waals surface area contributed by atoms with Crippen molar-refractivity contribution in [3.05, 3.63) is 90.8 Å². The first-order valence-corrected chi connectivity index (χ1v) is 10.6. The molecule has 0 bridgehead atoms. The summed E-state index contributed by atoms with van der Waals surface area (Å²) in [7, 11) is 1.83. The summed E-state index contributed by atoms with van der Waals surface area (Å²) in [6.45, 7) is 2.09. The molecule has 4 N–H and O–H groups in total. The number of hydrogen-bond acceptors (Lipinski definition) is 6. The van der Waals surface area contributed by atoms with Crippen LogP contribution in [0, 0.1) is 6.92 Å². The van der Waals surface area contributed by atoms with Gasteiger partial charge in [0.15, 0.2) is 5.75 Å². The van der Waals surface area contributed by atoms with Gasteiger partial charge in [0.2, 0.25) is 5.95 Å². The topological polar surface area (TPSA) is 90.0 Å². The third kappa shape index (κ3) is 4.16. The van der Waals surface area contributed by atoms with E-state index >= 15 is 0 Å². The normalized spacial score (nSPS) is 10.8. The third-order valence-electron chi connectivity index (χ3n) is 5.37. The summed E-state index contributed by atoms with van der Waals surface area (Å²) in [6, 6.07) is 25.6. The SMILES string of the molecule is CNc1ccnc(Nc2ccc3cc(C)n(-c4ccccc4Oc4ccc(N)cc4)c3c2)n1. The van der Waals surface area contributed by atoms with E-state index in [0.717, 1.165) is 45.3 Å². The molecule has 0 amide bonds. The predicted molar refractivity (Wildman–Crippen MR) is 134 cm³/mol. The van der Waals surface area contributed by atoms with Gasteiger partial charge < -0.3 is 25.7 Å². The van der Waals surface area contributed by atoms with Gasteiger partial charge in [0.05, 0.1) is 11.2 Å². The lowest BCUT2D eigenvalue weighted by molar-refractivity contribution is 0.480. The number of anilines is 4. The van der Waals surface area contributed by atoms with Crippen molar-refractivity contribution in [3.63, 3.8) is 0 Å². The summed E-state index contributed by atoms with van der Waals surface area (Å²) in [6.07, 6.45) is 1.72. The van der Waals surface area contributed by atoms with Crippen molar-refractivity contribution < 1.29 is 4.74 Å². The Morgan fingerprint density at radius 1 is 0.939 bits per heavy atom. The maximum Gasteiger partial charge on any atom is 0.229 e. The van der Waals surface area contributed by atoms with Gasteiger partial charge in [-0.25, -0.2) is 4.98 Å². The number of aromatic nitrogens is 3. The molecule has 0 aliphatic rings. The van der Waals surface area contributed by atoms with Crippen molar-refractivity contribution in [1.29, 1.82) is 0 Å². The molecule has 164 valence electrons. The van der Waals surface area contributed by atoms with E-state index in [0.29, 0.717) is 11.6 Å². The van der Waals surface area contributed by atoms with Gasteiger partial charge in [-0.3, -0.25) is 0 Å². The van der Waals surface area contributed by atoms with Gasteiger partial charge in [-0.1, -0.05) is 18.2 Å². The van der Waals surface area contributed by atoms with Crippen LogP contribution in [0.2, 0.25) is 0 Å². The second kappa shape index (κ2) is 8.55. The summed E-state index contributed by atoms with van der Waals surface area (Å²) in [4.78, 5) is 8.77. The number of rotatable bonds is 6. The summed E-state index contributed by atoms with van der Waals surface area (Å²) in [5.74, 6) is 2.77. The van der Waals surface area contributed by atoms with Crippen LogP contribution in [-0.4, -0.2) is 21.6 Å². The Kier molecular flexibility index (Phi) is 5.28. The van der Waals surface area contributed by atoms with Crippen molar-refractivity contribution >= 4 is 34.0 Å². The van der Waals surface area contributed by atoms with Crippen LogP contribution < -0.4 is 21.1 Å². The molecule has 0 saturated carbocycles. The maximum atomic E-state index is 6.22. The molecule has 2 heterocycles. The predicted octanol–water partition coefficient (Wildman–Crippen LogP) is 5.89. The van der Waals surface area contributed by atoms with Gasteiger partial charge >= 0.3 is 0 Å². The number of para-hydroxylation sites is 2. The first-order valence-electron chi connectivity index (χ1n) is 10.6. The fourth-order valence-corrected chi connectivity index (χ4v) is 3.81. The van der Waals surface area contributed by atoms with E-state index in [4.69, 9.17) is 10.5 Å². The molecule has 0 aliphatic heterocycles. The zero-order valence-corrected chi connectivity index (χ0v) is 18.4. The fraction of sp³-hybridized carbons (Fsp3) is 0.0769. The van der Waals surface area contributed by atoms with E-state index in [2.05, 4.69) is 56.4 Å². The molecule has 7 heteroatoms. The Morgan fingerprint density at radius 2 is 1.76 bits per heavy atom. The number of ether oxygens (including phenoxy) is 1. The summed E-state index contributed by atoms with van der Waals surface area (Å²) >= 11 is 0. The fourth-order valence-electron chi connectivity index (χ4n) is 3.81. The number of hydrogen-bond donors (Lipinski definition) is 3. The lowest BCUT2D eigenvalue weighted by atomic mass is 10.2. The first kappa shape index (κ1) is 20.4. The minimum Gasteiger partial charge on any atom is -0.455 e. The molecule has 0 atom stereocenters. The van der Waals surface area contributed by atoms with Crippen molar-refractivity contribution in [2.75, 3.05) is 23.4 Å². The molecular formula is C26H24N6O. The number of nitrogen functional groups attached to an aromatic ring is 1. The lowest BCUT2D eigenvalue weighted by Gasteiger charge is -2.15. The Labute approximate surface area is 191 Å². The lowest BCUT2D eigenvalue weighted by Crippen LogP contribution is -2.01. The molecule has 0 saturated heterocycles. The number of fused-ring (bicyclic) bond motifs is 1. The summed E-state index contributed by atoms with van der Waals surface area (Å²) in [5.41, 5.74) is 10.5. The summed E-state index contributed by atoms with van der Waals surface area (Å²) < 4.78 is 8.42. The highest BCUT2D eigenvalue weighted by atomic mass is 16.5. The van der Waals surface area contributed by atoms with Gasteiger partial charge in [-0.05, 0) is 67.6 Å². The van der Waals surface area contributed by atoms with E-state index in [1.165, 1.54) is 0 Å². The number of benzene rings is 3. The number of nitrogens with one attached hydrogen (secondary N) is 2. The zero-order valence-electron chi connectivity index (χ0n) is 18.4. The molecule has 7 nitrogen and oxygen atoms in total. The standard InChI is InChI=1S/C26H24N6O/c1-17-15-18-7-10-20(30-26-29-14-13-25(28-2)31-26)16-23(18)32(17)22-5-3-4-6-24(22)33-21-11-8-19(27)9-12-21/h3-16H,27H2,1-2H3,(H2,28,29,30,31). The molecular weight excluding hydrogens is 412 g/mol. The highest BCUT2D eigenvalue weighted by Gasteiger charge is 2.14. The van der Waals surface area contributed by atoms with Gasteiger partial charge in [0.25, 0.3) is 0 Å². The van der Waals surface area contributed by atoms with Crippen LogP contribution in [-0.2, 0) is 0 Å². The van der Waals surface area contributed by atoms with Crippen molar-refractivity contribution in [2.24, 2.45) is 0 Å². The second-order valence-corrected chi connectivity index (χ2v) is 7.67. The molecule has 0 spiro atoms. The Balaban J connectivity index is 1.55. The van der Waals surface area contributed by atoms with Crippen molar-refractivity contribution in [2.45, 2.75) is 6.92 Å². The van der Waals surface area contributed by atoms with Gasteiger partial charge in [0, 0.05) is 35.7 Å². The van der Waals surface area contributed by atoms with Gasteiger partial charge in [-0.2, -0.15) is 4.98 Å². The van der Waals surface area contributed by atoms with Crippen LogP contribution in [0.15, 0.2) is 85.1 Å². The van der Waals surface area contributed by atoms with Gasteiger partial charge in [0.1, 0.15) is 11.6 Å². The Bertz CT molecular complexity index is 1420. The first-order chi connectivity index (χ1) is 16.1. The van der Waals surface area contributed by atoms with Crippen molar-refractivity contribution in [3.8, 4) is 17.2 Å². The monoisotopic (exact) mass is 436 g/mol. The quantitative estimate of drug-likeness (QED) is 0.288. The van der Waals surface area contributed by atoms with Crippen molar-refractivity contribution in [1.82, 2.24) is 14.5 Å². The maximum absolute atomic E-state index is 6.22. The van der Waals surface area contributed by atoms with E-state index in [1.54, 1.807) is 6.20 Å². The zero-order chi connectivity index (χ0) is 22.8. The smallest absolute Gasteiger partial charge is 0.229 e. The van der Waals surface area contributed by atoms with E-state index in [-0.39, 0.29) is 0 Å². The highest BCUT2D eigenvalue weighted by Crippen LogP contribution is 2.34. The number of nitrogens with two attached hydrogens (primary N) is 1. The third-order valence-corrected chi connectivity index (χ3v) is 5.37. The molecule has 0 radical (unpaired) electrons. The van der Waals surface area contributed by atoms with Crippen LogP contribution in [0.5, 0.6) is 11.5 Å². The second-order valence-electron chi connectivity index (χ2n) is 7.67. The molecule has 2 aromatic heterocycles. The van der Waals surface area contributed by atoms with E-state index < -0.39 is 0 Å². The minimum absolute atomic E-state index is 0.531. The average Bonchev–Trinajstić information content (AvgIpc) is 3.16. The molecule has 5 rings (SSSR count). The molecule has 0 fully saturated rings. The van der Waals surface area contributed by atoms with Crippen LogP contribution in [0.25, 0.3) is 16.6 Å². The molecule has 5 aromatic rings. The molecule has 0 unspecified atom stereocenters. The molecule has 0 aliphatic carbocycles. The Morgan fingerprint density at radius 3 is 2.58 bits per heavy atom. The van der Waals surface area contributed by atoms with Crippen LogP contribution >= 0.6 is 0 Å².